The third kappa shape index (κ3) is 2.41. The first-order valence-corrected chi connectivity index (χ1v) is 7.55. The first-order chi connectivity index (χ1) is 11.6. The molecule has 0 radical (unpaired) electrons. The lowest BCUT2D eigenvalue weighted by Crippen LogP contribution is -2.08. The summed E-state index contributed by atoms with van der Waals surface area (Å²) in [6.07, 6.45) is 0. The Morgan fingerprint density at radius 2 is 2.00 bits per heavy atom. The third-order valence-electron chi connectivity index (χ3n) is 3.65. The lowest BCUT2D eigenvalue weighted by atomic mass is 10.2. The van der Waals surface area contributed by atoms with Gasteiger partial charge in [0, 0.05) is 18.1 Å². The molecule has 0 aliphatic carbocycles. The topological polar surface area (TPSA) is 94.9 Å². The van der Waals surface area contributed by atoms with E-state index in [1.807, 2.05) is 32.0 Å². The first-order valence-electron chi connectivity index (χ1n) is 7.55. The maximum atomic E-state index is 11.3. The average Bonchev–Trinajstić information content (AvgIpc) is 3.21. The Labute approximate surface area is 137 Å². The molecule has 3 heterocycles. The number of hydrogen-bond donors (Lipinski definition) is 1. The smallest absolute Gasteiger partial charge is 0.264 e. The maximum Gasteiger partial charge on any atom is 0.264 e. The van der Waals surface area contributed by atoms with E-state index in [2.05, 4.69) is 20.3 Å². The van der Waals surface area contributed by atoms with Gasteiger partial charge in [-0.3, -0.25) is 4.79 Å². The van der Waals surface area contributed by atoms with Crippen LogP contribution in [0.4, 0.5) is 0 Å². The van der Waals surface area contributed by atoms with Crippen molar-refractivity contribution in [3.05, 3.63) is 46.5 Å². The van der Waals surface area contributed by atoms with Crippen LogP contribution in [-0.4, -0.2) is 31.8 Å². The van der Waals surface area contributed by atoms with Gasteiger partial charge in [0.2, 0.25) is 6.79 Å². The maximum absolute atomic E-state index is 11.3. The molecule has 1 aliphatic rings. The SMILES string of the molecule is CC(C)c1nc(-c2ccc(=O)[nH]n2)n(-c2ccc3c(c2)OCO3)n1. The zero-order valence-corrected chi connectivity index (χ0v) is 13.2. The van der Waals surface area contributed by atoms with Gasteiger partial charge in [-0.15, -0.1) is 0 Å². The van der Waals surface area contributed by atoms with Crippen molar-refractivity contribution in [1.29, 1.82) is 0 Å². The molecule has 0 atom stereocenters. The second-order valence-electron chi connectivity index (χ2n) is 5.70. The summed E-state index contributed by atoms with van der Waals surface area (Å²) in [6, 6.07) is 8.59. The van der Waals surface area contributed by atoms with E-state index < -0.39 is 0 Å². The Balaban J connectivity index is 1.87. The number of benzene rings is 1. The summed E-state index contributed by atoms with van der Waals surface area (Å²) in [5, 5.41) is 11.1. The Morgan fingerprint density at radius 3 is 2.75 bits per heavy atom. The van der Waals surface area contributed by atoms with Gasteiger partial charge in [-0.25, -0.2) is 14.8 Å². The third-order valence-corrected chi connectivity index (χ3v) is 3.65. The molecule has 8 nitrogen and oxygen atoms in total. The molecule has 122 valence electrons. The Bertz CT molecular complexity index is 940. The predicted molar refractivity (Wildman–Crippen MR) is 85.4 cm³/mol. The highest BCUT2D eigenvalue weighted by Crippen LogP contribution is 2.34. The standard InChI is InChI=1S/C16H15N5O3/c1-9(2)15-17-16(11-4-6-14(22)19-18-11)21(20-15)10-3-5-12-13(7-10)24-8-23-12/h3-7,9H,8H2,1-2H3,(H,19,22). The Hall–Kier alpha value is -3.16. The van der Waals surface area contributed by atoms with Gasteiger partial charge < -0.3 is 9.47 Å². The van der Waals surface area contributed by atoms with Gasteiger partial charge in [0.1, 0.15) is 5.69 Å². The molecule has 1 N–H and O–H groups in total. The number of nitrogens with zero attached hydrogens (tertiary/aromatic N) is 4. The van der Waals surface area contributed by atoms with Gasteiger partial charge in [-0.05, 0) is 18.2 Å². The number of rotatable bonds is 3. The molecular weight excluding hydrogens is 310 g/mol. The summed E-state index contributed by atoms with van der Waals surface area (Å²) in [7, 11) is 0. The molecule has 24 heavy (non-hydrogen) atoms. The minimum Gasteiger partial charge on any atom is -0.454 e. The molecule has 0 spiro atoms. The molecule has 4 rings (SSSR count). The summed E-state index contributed by atoms with van der Waals surface area (Å²) in [4.78, 5) is 15.8. The number of ether oxygens (including phenoxy) is 2. The van der Waals surface area contributed by atoms with Crippen molar-refractivity contribution in [2.45, 2.75) is 19.8 Å². The van der Waals surface area contributed by atoms with Gasteiger partial charge >= 0.3 is 0 Å². The molecule has 1 aromatic carbocycles. The summed E-state index contributed by atoms with van der Waals surface area (Å²) in [6.45, 7) is 4.24. The van der Waals surface area contributed by atoms with Crippen LogP contribution in [0.15, 0.2) is 35.1 Å². The van der Waals surface area contributed by atoms with E-state index in [4.69, 9.17) is 9.47 Å². The van der Waals surface area contributed by atoms with Crippen LogP contribution in [0.2, 0.25) is 0 Å². The number of nitrogens with one attached hydrogen (secondary N) is 1. The van der Waals surface area contributed by atoms with E-state index in [1.54, 1.807) is 10.7 Å². The summed E-state index contributed by atoms with van der Waals surface area (Å²) < 4.78 is 12.5. The number of H-pyrrole nitrogens is 1. The first kappa shape index (κ1) is 14.4. The molecule has 3 aromatic rings. The Kier molecular flexibility index (Phi) is 3.30. The molecule has 8 heteroatoms. The highest BCUT2D eigenvalue weighted by Gasteiger charge is 2.20. The summed E-state index contributed by atoms with van der Waals surface area (Å²) in [5.41, 5.74) is 1.05. The van der Waals surface area contributed by atoms with E-state index >= 15 is 0 Å². The fourth-order valence-corrected chi connectivity index (χ4v) is 2.40. The van der Waals surface area contributed by atoms with Crippen molar-refractivity contribution in [1.82, 2.24) is 25.0 Å². The summed E-state index contributed by atoms with van der Waals surface area (Å²) >= 11 is 0. The predicted octanol–water partition coefficient (Wildman–Crippen LogP) is 1.87. The van der Waals surface area contributed by atoms with Gasteiger partial charge in [-0.2, -0.15) is 10.2 Å². The Morgan fingerprint density at radius 1 is 1.17 bits per heavy atom. The van der Waals surface area contributed by atoms with Crippen LogP contribution in [0.3, 0.4) is 0 Å². The highest BCUT2D eigenvalue weighted by atomic mass is 16.7. The minimum atomic E-state index is -0.267. The van der Waals surface area contributed by atoms with Crippen molar-refractivity contribution in [2.75, 3.05) is 6.79 Å². The van der Waals surface area contributed by atoms with Gasteiger partial charge in [0.05, 0.1) is 5.69 Å². The highest BCUT2D eigenvalue weighted by molar-refractivity contribution is 5.56. The second kappa shape index (κ2) is 5.48. The molecule has 0 unspecified atom stereocenters. The number of hydrogen-bond acceptors (Lipinski definition) is 6. The molecule has 0 saturated carbocycles. The van der Waals surface area contributed by atoms with Crippen molar-refractivity contribution >= 4 is 0 Å². The quantitative estimate of drug-likeness (QED) is 0.790. The van der Waals surface area contributed by atoms with Gasteiger partial charge in [0.25, 0.3) is 5.56 Å². The zero-order valence-electron chi connectivity index (χ0n) is 13.2. The zero-order chi connectivity index (χ0) is 16.7. The van der Waals surface area contributed by atoms with E-state index in [0.717, 1.165) is 5.69 Å². The van der Waals surface area contributed by atoms with Crippen LogP contribution < -0.4 is 15.0 Å². The fraction of sp³-hybridized carbons (Fsp3) is 0.250. The number of aromatic nitrogens is 5. The lowest BCUT2D eigenvalue weighted by molar-refractivity contribution is 0.174. The second-order valence-corrected chi connectivity index (χ2v) is 5.70. The van der Waals surface area contributed by atoms with E-state index in [0.29, 0.717) is 28.8 Å². The normalized spacial score (nSPS) is 12.8. The van der Waals surface area contributed by atoms with E-state index in [9.17, 15) is 4.79 Å². The van der Waals surface area contributed by atoms with Crippen LogP contribution >= 0.6 is 0 Å². The van der Waals surface area contributed by atoms with Crippen molar-refractivity contribution in [3.63, 3.8) is 0 Å². The van der Waals surface area contributed by atoms with E-state index in [-0.39, 0.29) is 18.3 Å². The van der Waals surface area contributed by atoms with Crippen LogP contribution in [-0.2, 0) is 0 Å². The van der Waals surface area contributed by atoms with Crippen molar-refractivity contribution in [3.8, 4) is 28.7 Å². The fourth-order valence-electron chi connectivity index (χ4n) is 2.40. The van der Waals surface area contributed by atoms with Crippen molar-refractivity contribution in [2.24, 2.45) is 0 Å². The van der Waals surface area contributed by atoms with Gasteiger partial charge in [-0.1, -0.05) is 13.8 Å². The summed E-state index contributed by atoms with van der Waals surface area (Å²) in [5.74, 6) is 2.76. The number of fused-ring (bicyclic) bond motifs is 1. The molecule has 0 saturated heterocycles. The molecule has 0 amide bonds. The van der Waals surface area contributed by atoms with Gasteiger partial charge in [0.15, 0.2) is 23.1 Å². The number of aromatic amines is 1. The molecule has 2 aromatic heterocycles. The van der Waals surface area contributed by atoms with Crippen LogP contribution in [0.25, 0.3) is 17.2 Å². The molecule has 0 fully saturated rings. The van der Waals surface area contributed by atoms with Crippen LogP contribution in [0, 0.1) is 0 Å². The van der Waals surface area contributed by atoms with E-state index in [1.165, 1.54) is 6.07 Å². The molecular formula is C16H15N5O3. The molecule has 1 aliphatic heterocycles. The van der Waals surface area contributed by atoms with Crippen molar-refractivity contribution < 1.29 is 9.47 Å². The monoisotopic (exact) mass is 325 g/mol. The largest absolute Gasteiger partial charge is 0.454 e. The average molecular weight is 325 g/mol. The minimum absolute atomic E-state index is 0.154. The lowest BCUT2D eigenvalue weighted by Gasteiger charge is -2.06. The van der Waals surface area contributed by atoms with Crippen LogP contribution in [0.5, 0.6) is 11.5 Å². The van der Waals surface area contributed by atoms with Crippen LogP contribution in [0.1, 0.15) is 25.6 Å². The molecule has 0 bridgehead atoms.